The normalized spacial score (nSPS) is 14.5. The van der Waals surface area contributed by atoms with Crippen LogP contribution >= 0.6 is 0 Å². The average molecular weight is 431 g/mol. The van der Waals surface area contributed by atoms with Crippen LogP contribution in [0.1, 0.15) is 41.8 Å². The van der Waals surface area contributed by atoms with E-state index in [1.165, 1.54) is 15.9 Å². The van der Waals surface area contributed by atoms with Gasteiger partial charge in [0.25, 0.3) is 5.91 Å². The molecule has 0 unspecified atom stereocenters. The third-order valence-electron chi connectivity index (χ3n) is 5.03. The molecular weight excluding hydrogens is 400 g/mol. The number of ether oxygens (including phenoxy) is 1. The van der Waals surface area contributed by atoms with Crippen molar-refractivity contribution in [1.29, 1.82) is 0 Å². The first-order valence-corrected chi connectivity index (χ1v) is 11.8. The predicted octanol–water partition coefficient (Wildman–Crippen LogP) is 3.23. The van der Waals surface area contributed by atoms with Crippen molar-refractivity contribution >= 4 is 15.9 Å². The van der Waals surface area contributed by atoms with Gasteiger partial charge in [-0.15, -0.1) is 0 Å². The maximum atomic E-state index is 13.1. The molecule has 1 amide bonds. The maximum Gasteiger partial charge on any atom is 0.251 e. The van der Waals surface area contributed by atoms with Crippen molar-refractivity contribution < 1.29 is 17.9 Å². The highest BCUT2D eigenvalue weighted by Crippen LogP contribution is 2.25. The van der Waals surface area contributed by atoms with Crippen molar-refractivity contribution in [2.75, 3.05) is 26.3 Å². The van der Waals surface area contributed by atoms with Crippen LogP contribution in [0.5, 0.6) is 0 Å². The van der Waals surface area contributed by atoms with E-state index >= 15 is 0 Å². The molecule has 30 heavy (non-hydrogen) atoms. The number of hydrogen-bond donors (Lipinski definition) is 1. The first kappa shape index (κ1) is 22.5. The number of rotatable bonds is 9. The molecule has 0 radical (unpaired) electrons. The van der Waals surface area contributed by atoms with Gasteiger partial charge < -0.3 is 10.1 Å². The zero-order valence-electron chi connectivity index (χ0n) is 17.6. The number of nitrogens with zero attached hydrogens (tertiary/aromatic N) is 1. The van der Waals surface area contributed by atoms with Crippen LogP contribution in [0.4, 0.5) is 0 Å². The van der Waals surface area contributed by atoms with Gasteiger partial charge in [-0.2, -0.15) is 4.31 Å². The van der Waals surface area contributed by atoms with E-state index in [0.717, 1.165) is 5.56 Å². The Balaban J connectivity index is 1.61. The molecule has 3 rings (SSSR count). The second-order valence-electron chi connectivity index (χ2n) is 7.96. The monoisotopic (exact) mass is 430 g/mol. The number of benzene rings is 2. The summed E-state index contributed by atoms with van der Waals surface area (Å²) in [6.07, 6.45) is 1.40. The quantitative estimate of drug-likeness (QED) is 0.620. The van der Waals surface area contributed by atoms with Gasteiger partial charge in [0, 0.05) is 38.4 Å². The Labute approximate surface area is 179 Å². The Morgan fingerprint density at radius 3 is 2.67 bits per heavy atom. The minimum Gasteiger partial charge on any atom is -0.381 e. The Bertz CT molecular complexity index is 973. The van der Waals surface area contributed by atoms with E-state index in [4.69, 9.17) is 4.74 Å². The molecule has 0 spiro atoms. The fraction of sp³-hybridized carbons (Fsp3) is 0.435. The molecule has 6 nitrogen and oxygen atoms in total. The lowest BCUT2D eigenvalue weighted by molar-refractivity contribution is 0.0924. The van der Waals surface area contributed by atoms with Gasteiger partial charge in [-0.1, -0.05) is 44.2 Å². The summed E-state index contributed by atoms with van der Waals surface area (Å²) in [5.74, 6) is 0.206. The minimum atomic E-state index is -3.67. The number of nitrogens with one attached hydrogen (secondary N) is 1. The van der Waals surface area contributed by atoms with Crippen LogP contribution in [-0.4, -0.2) is 44.9 Å². The third kappa shape index (κ3) is 5.68. The average Bonchev–Trinajstić information content (AvgIpc) is 2.75. The summed E-state index contributed by atoms with van der Waals surface area (Å²) in [6, 6.07) is 14.2. The summed E-state index contributed by atoms with van der Waals surface area (Å²) in [5, 5.41) is 2.83. The molecule has 0 saturated heterocycles. The summed E-state index contributed by atoms with van der Waals surface area (Å²) in [5.41, 5.74) is 2.56. The zero-order valence-corrected chi connectivity index (χ0v) is 18.5. The van der Waals surface area contributed by atoms with Gasteiger partial charge in [0.1, 0.15) is 0 Å². The molecule has 0 saturated carbocycles. The molecule has 2 aromatic rings. The van der Waals surface area contributed by atoms with E-state index in [9.17, 15) is 13.2 Å². The van der Waals surface area contributed by atoms with Gasteiger partial charge in [-0.05, 0) is 48.1 Å². The van der Waals surface area contributed by atoms with Gasteiger partial charge in [0.2, 0.25) is 10.0 Å². The zero-order chi connectivity index (χ0) is 21.6. The highest BCUT2D eigenvalue weighted by Gasteiger charge is 2.28. The lowest BCUT2D eigenvalue weighted by Gasteiger charge is -2.28. The van der Waals surface area contributed by atoms with Gasteiger partial charge in [-0.3, -0.25) is 4.79 Å². The summed E-state index contributed by atoms with van der Waals surface area (Å²) in [4.78, 5) is 12.6. The molecule has 1 aliphatic heterocycles. The van der Waals surface area contributed by atoms with E-state index in [1.807, 2.05) is 24.3 Å². The molecule has 0 atom stereocenters. The second-order valence-corrected chi connectivity index (χ2v) is 9.90. The smallest absolute Gasteiger partial charge is 0.251 e. The van der Waals surface area contributed by atoms with Gasteiger partial charge in [0.05, 0.1) is 4.90 Å². The number of sulfonamides is 1. The second kappa shape index (κ2) is 10.2. The number of carbonyl (C=O) groups excluding carboxylic acids is 1. The van der Waals surface area contributed by atoms with Gasteiger partial charge in [-0.25, -0.2) is 8.42 Å². The Kier molecular flexibility index (Phi) is 7.64. The molecule has 0 fully saturated rings. The van der Waals surface area contributed by atoms with Crippen molar-refractivity contribution in [3.63, 3.8) is 0 Å². The lowest BCUT2D eigenvalue weighted by Crippen LogP contribution is -2.36. The number of fused-ring (bicyclic) bond motifs is 1. The van der Waals surface area contributed by atoms with E-state index in [1.54, 1.807) is 18.2 Å². The Hall–Kier alpha value is -2.22. The van der Waals surface area contributed by atoms with E-state index < -0.39 is 10.0 Å². The maximum absolute atomic E-state index is 13.1. The van der Waals surface area contributed by atoms with Crippen LogP contribution in [0.3, 0.4) is 0 Å². The van der Waals surface area contributed by atoms with Crippen LogP contribution in [0.25, 0.3) is 0 Å². The molecule has 0 bridgehead atoms. The molecular formula is C23H30N2O4S. The fourth-order valence-corrected chi connectivity index (χ4v) is 4.88. The van der Waals surface area contributed by atoms with Crippen LogP contribution in [-0.2, 0) is 27.7 Å². The molecule has 1 heterocycles. The van der Waals surface area contributed by atoms with Crippen LogP contribution < -0.4 is 5.32 Å². The number of amides is 1. The molecule has 0 aromatic heterocycles. The third-order valence-corrected chi connectivity index (χ3v) is 6.87. The molecule has 1 aliphatic rings. The first-order valence-electron chi connectivity index (χ1n) is 10.4. The molecule has 1 N–H and O–H groups in total. The summed E-state index contributed by atoms with van der Waals surface area (Å²) >= 11 is 0. The topological polar surface area (TPSA) is 75.7 Å². The predicted molar refractivity (Wildman–Crippen MR) is 117 cm³/mol. The van der Waals surface area contributed by atoms with E-state index in [-0.39, 0.29) is 10.8 Å². The molecule has 2 aromatic carbocycles. The van der Waals surface area contributed by atoms with E-state index in [2.05, 4.69) is 19.2 Å². The molecule has 7 heteroatoms. The highest BCUT2D eigenvalue weighted by atomic mass is 32.2. The van der Waals surface area contributed by atoms with Crippen molar-refractivity contribution in [3.05, 3.63) is 65.2 Å². The van der Waals surface area contributed by atoms with Crippen LogP contribution in [0.2, 0.25) is 0 Å². The SMILES string of the molecule is CC(C)COCCCNC(=O)c1cccc(S(=O)(=O)N2CCc3ccccc3C2)c1. The summed E-state index contributed by atoms with van der Waals surface area (Å²) in [7, 11) is -3.67. The summed E-state index contributed by atoms with van der Waals surface area (Å²) in [6.45, 7) is 6.74. The standard InChI is InChI=1S/C23H30N2O4S/c1-18(2)17-29-14-6-12-24-23(26)20-9-5-10-22(15-20)30(27,28)25-13-11-19-7-3-4-8-21(19)16-25/h3-5,7-10,15,18H,6,11-14,16-17H2,1-2H3,(H,24,26). The van der Waals surface area contributed by atoms with Gasteiger partial charge >= 0.3 is 0 Å². The van der Waals surface area contributed by atoms with Crippen LogP contribution in [0.15, 0.2) is 53.4 Å². The van der Waals surface area contributed by atoms with Crippen molar-refractivity contribution in [2.24, 2.45) is 5.92 Å². The van der Waals surface area contributed by atoms with Crippen molar-refractivity contribution in [1.82, 2.24) is 9.62 Å². The number of hydrogen-bond acceptors (Lipinski definition) is 4. The van der Waals surface area contributed by atoms with E-state index in [0.29, 0.717) is 57.2 Å². The summed E-state index contributed by atoms with van der Waals surface area (Å²) < 4.78 is 33.3. The molecule has 162 valence electrons. The minimum absolute atomic E-state index is 0.148. The number of carbonyl (C=O) groups is 1. The van der Waals surface area contributed by atoms with Crippen molar-refractivity contribution in [2.45, 2.75) is 38.1 Å². The van der Waals surface area contributed by atoms with Crippen LogP contribution in [0, 0.1) is 5.92 Å². The molecule has 0 aliphatic carbocycles. The van der Waals surface area contributed by atoms with Gasteiger partial charge in [0.15, 0.2) is 0 Å². The largest absolute Gasteiger partial charge is 0.381 e. The Morgan fingerprint density at radius 2 is 1.90 bits per heavy atom. The first-order chi connectivity index (χ1) is 14.4. The Morgan fingerprint density at radius 1 is 1.13 bits per heavy atom. The fourth-order valence-electron chi connectivity index (χ4n) is 3.42. The lowest BCUT2D eigenvalue weighted by atomic mass is 10.0. The highest BCUT2D eigenvalue weighted by molar-refractivity contribution is 7.89. The van der Waals surface area contributed by atoms with Crippen molar-refractivity contribution in [3.8, 4) is 0 Å².